The SMILES string of the molecule is O=[N+]([O-])c1cnc(Br)cc1Nc1ccc(CO)cc1. The third-order valence-electron chi connectivity index (χ3n) is 2.46. The molecule has 0 unspecified atom stereocenters. The van der Waals surface area contributed by atoms with Gasteiger partial charge in [-0.15, -0.1) is 0 Å². The molecule has 0 bridgehead atoms. The Morgan fingerprint density at radius 2 is 2.05 bits per heavy atom. The van der Waals surface area contributed by atoms with Crippen LogP contribution in [-0.2, 0) is 6.61 Å². The number of aliphatic hydroxyl groups is 1. The topological polar surface area (TPSA) is 88.3 Å². The van der Waals surface area contributed by atoms with E-state index in [1.807, 2.05) is 0 Å². The molecule has 0 aliphatic carbocycles. The molecule has 1 heterocycles. The van der Waals surface area contributed by atoms with Crippen molar-refractivity contribution in [2.24, 2.45) is 0 Å². The van der Waals surface area contributed by atoms with Crippen molar-refractivity contribution in [3.63, 3.8) is 0 Å². The van der Waals surface area contributed by atoms with E-state index in [9.17, 15) is 10.1 Å². The average Bonchev–Trinajstić information content (AvgIpc) is 2.39. The van der Waals surface area contributed by atoms with Gasteiger partial charge in [0.1, 0.15) is 16.5 Å². The number of nitrogens with zero attached hydrogens (tertiary/aromatic N) is 2. The van der Waals surface area contributed by atoms with Crippen molar-refractivity contribution < 1.29 is 10.0 Å². The maximum absolute atomic E-state index is 10.9. The predicted molar refractivity (Wildman–Crippen MR) is 74.2 cm³/mol. The minimum absolute atomic E-state index is 0.0404. The van der Waals surface area contributed by atoms with Gasteiger partial charge in [0.15, 0.2) is 0 Å². The molecule has 0 radical (unpaired) electrons. The maximum Gasteiger partial charge on any atom is 0.310 e. The van der Waals surface area contributed by atoms with Gasteiger partial charge in [0, 0.05) is 11.8 Å². The minimum atomic E-state index is -0.496. The largest absolute Gasteiger partial charge is 0.392 e. The number of rotatable bonds is 4. The Kier molecular flexibility index (Phi) is 4.08. The third-order valence-corrected chi connectivity index (χ3v) is 2.90. The van der Waals surface area contributed by atoms with E-state index in [1.165, 1.54) is 12.3 Å². The smallest absolute Gasteiger partial charge is 0.310 e. The molecule has 2 N–H and O–H groups in total. The molecule has 0 saturated carbocycles. The number of halogens is 1. The molecule has 2 aromatic rings. The molecule has 0 aliphatic heterocycles. The number of nitro groups is 1. The van der Waals surface area contributed by atoms with Gasteiger partial charge in [-0.05, 0) is 33.6 Å². The van der Waals surface area contributed by atoms with Gasteiger partial charge >= 0.3 is 5.69 Å². The standard InChI is InChI=1S/C12H10BrN3O3/c13-12-5-10(11(6-14-12)16(18)19)15-9-3-1-8(7-17)2-4-9/h1-6,17H,7H2,(H,14,15). The van der Waals surface area contributed by atoms with Crippen LogP contribution in [0.3, 0.4) is 0 Å². The van der Waals surface area contributed by atoms with Crippen molar-refractivity contribution in [1.82, 2.24) is 4.98 Å². The van der Waals surface area contributed by atoms with Crippen LogP contribution in [-0.4, -0.2) is 15.0 Å². The Hall–Kier alpha value is -1.99. The summed E-state index contributed by atoms with van der Waals surface area (Å²) in [5.74, 6) is 0. The first kappa shape index (κ1) is 13.4. The highest BCUT2D eigenvalue weighted by Gasteiger charge is 2.14. The van der Waals surface area contributed by atoms with Gasteiger partial charge in [0.25, 0.3) is 0 Å². The van der Waals surface area contributed by atoms with Crippen LogP contribution in [0.2, 0.25) is 0 Å². The molecule has 0 amide bonds. The van der Waals surface area contributed by atoms with Crippen molar-refractivity contribution in [2.45, 2.75) is 6.61 Å². The summed E-state index contributed by atoms with van der Waals surface area (Å²) in [6, 6.07) is 8.50. The first-order valence-corrected chi connectivity index (χ1v) is 6.16. The molecule has 1 aromatic carbocycles. The summed E-state index contributed by atoms with van der Waals surface area (Å²) in [5, 5.41) is 22.8. The second-order valence-electron chi connectivity index (χ2n) is 3.76. The second-order valence-corrected chi connectivity index (χ2v) is 4.57. The fourth-order valence-corrected chi connectivity index (χ4v) is 1.85. The molecule has 0 aliphatic rings. The molecule has 1 aromatic heterocycles. The number of aliphatic hydroxyl groups excluding tert-OH is 1. The summed E-state index contributed by atoms with van der Waals surface area (Å²) in [5.41, 5.74) is 1.72. The Balaban J connectivity index is 2.31. The molecule has 0 spiro atoms. The van der Waals surface area contributed by atoms with Crippen LogP contribution >= 0.6 is 15.9 Å². The van der Waals surface area contributed by atoms with Gasteiger partial charge in [0.05, 0.1) is 11.5 Å². The predicted octanol–water partition coefficient (Wildman–Crippen LogP) is 2.99. The van der Waals surface area contributed by atoms with E-state index in [0.29, 0.717) is 16.0 Å². The Morgan fingerprint density at radius 1 is 1.37 bits per heavy atom. The molecule has 98 valence electrons. The van der Waals surface area contributed by atoms with Gasteiger partial charge in [0.2, 0.25) is 0 Å². The third kappa shape index (κ3) is 3.27. The van der Waals surface area contributed by atoms with Crippen LogP contribution in [0.4, 0.5) is 17.1 Å². The highest BCUT2D eigenvalue weighted by Crippen LogP contribution is 2.28. The molecule has 19 heavy (non-hydrogen) atoms. The van der Waals surface area contributed by atoms with Gasteiger partial charge in [-0.2, -0.15) is 0 Å². The average molecular weight is 324 g/mol. The van der Waals surface area contributed by atoms with Crippen molar-refractivity contribution in [1.29, 1.82) is 0 Å². The molecule has 7 heteroatoms. The number of benzene rings is 1. The lowest BCUT2D eigenvalue weighted by Gasteiger charge is -2.07. The molecular formula is C12H10BrN3O3. The number of nitrogens with one attached hydrogen (secondary N) is 1. The highest BCUT2D eigenvalue weighted by atomic mass is 79.9. The van der Waals surface area contributed by atoms with E-state index in [1.54, 1.807) is 24.3 Å². The second kappa shape index (κ2) is 5.77. The van der Waals surface area contributed by atoms with Crippen LogP contribution < -0.4 is 5.32 Å². The van der Waals surface area contributed by atoms with Crippen LogP contribution in [0.1, 0.15) is 5.56 Å². The number of anilines is 2. The van der Waals surface area contributed by atoms with Crippen LogP contribution in [0.5, 0.6) is 0 Å². The lowest BCUT2D eigenvalue weighted by Crippen LogP contribution is -1.98. The van der Waals surface area contributed by atoms with Crippen LogP contribution in [0.25, 0.3) is 0 Å². The van der Waals surface area contributed by atoms with Gasteiger partial charge in [-0.1, -0.05) is 12.1 Å². The fraction of sp³-hybridized carbons (Fsp3) is 0.0833. The maximum atomic E-state index is 10.9. The van der Waals surface area contributed by atoms with E-state index in [0.717, 1.165) is 5.56 Å². The van der Waals surface area contributed by atoms with E-state index >= 15 is 0 Å². The molecule has 0 fully saturated rings. The van der Waals surface area contributed by atoms with E-state index < -0.39 is 4.92 Å². The van der Waals surface area contributed by atoms with E-state index in [2.05, 4.69) is 26.2 Å². The highest BCUT2D eigenvalue weighted by molar-refractivity contribution is 9.10. The quantitative estimate of drug-likeness (QED) is 0.513. The minimum Gasteiger partial charge on any atom is -0.392 e. The normalized spacial score (nSPS) is 10.2. The van der Waals surface area contributed by atoms with Crippen molar-refractivity contribution in [3.8, 4) is 0 Å². The number of hydrogen-bond donors (Lipinski definition) is 2. The van der Waals surface area contributed by atoms with E-state index in [-0.39, 0.29) is 12.3 Å². The van der Waals surface area contributed by atoms with Crippen molar-refractivity contribution in [2.75, 3.05) is 5.32 Å². The van der Waals surface area contributed by atoms with Crippen LogP contribution in [0.15, 0.2) is 41.1 Å². The summed E-state index contributed by atoms with van der Waals surface area (Å²) >= 11 is 3.17. The van der Waals surface area contributed by atoms with Crippen LogP contribution in [0, 0.1) is 10.1 Å². The summed E-state index contributed by atoms with van der Waals surface area (Å²) in [6.07, 6.45) is 1.19. The summed E-state index contributed by atoms with van der Waals surface area (Å²) < 4.78 is 0.507. The lowest BCUT2D eigenvalue weighted by atomic mass is 10.2. The summed E-state index contributed by atoms with van der Waals surface area (Å²) in [7, 11) is 0. The number of hydrogen-bond acceptors (Lipinski definition) is 5. The summed E-state index contributed by atoms with van der Waals surface area (Å²) in [6.45, 7) is -0.0404. The molecular weight excluding hydrogens is 314 g/mol. The zero-order chi connectivity index (χ0) is 13.8. The van der Waals surface area contributed by atoms with Gasteiger partial charge in [-0.25, -0.2) is 4.98 Å². The van der Waals surface area contributed by atoms with Gasteiger partial charge in [-0.3, -0.25) is 10.1 Å². The zero-order valence-electron chi connectivity index (χ0n) is 9.71. The lowest BCUT2D eigenvalue weighted by molar-refractivity contribution is -0.384. The Morgan fingerprint density at radius 3 is 2.63 bits per heavy atom. The Labute approximate surface area is 117 Å². The first-order valence-electron chi connectivity index (χ1n) is 5.37. The number of pyridine rings is 1. The molecule has 0 atom stereocenters. The first-order chi connectivity index (χ1) is 9.10. The molecule has 2 rings (SSSR count). The number of aromatic nitrogens is 1. The van der Waals surface area contributed by atoms with Gasteiger partial charge < -0.3 is 10.4 Å². The Bertz CT molecular complexity index is 602. The zero-order valence-corrected chi connectivity index (χ0v) is 11.3. The molecule has 6 nitrogen and oxygen atoms in total. The van der Waals surface area contributed by atoms with Crippen molar-refractivity contribution in [3.05, 3.63) is 56.8 Å². The summed E-state index contributed by atoms with van der Waals surface area (Å²) in [4.78, 5) is 14.2. The molecule has 0 saturated heterocycles. The fourth-order valence-electron chi connectivity index (χ4n) is 1.52. The monoisotopic (exact) mass is 323 g/mol. The van der Waals surface area contributed by atoms with E-state index in [4.69, 9.17) is 5.11 Å². The van der Waals surface area contributed by atoms with Crippen molar-refractivity contribution >= 4 is 33.0 Å².